The molecule has 1 heterocycles. The van der Waals surface area contributed by atoms with Crippen LogP contribution in [0.1, 0.15) is 23.8 Å². The highest BCUT2D eigenvalue weighted by atomic mass is 35.5. The van der Waals surface area contributed by atoms with E-state index in [-0.39, 0.29) is 5.91 Å². The molecule has 74 valence electrons. The van der Waals surface area contributed by atoms with Crippen molar-refractivity contribution >= 4 is 17.5 Å². The van der Waals surface area contributed by atoms with Gasteiger partial charge < -0.3 is 5.32 Å². The SMILES string of the molecule is CC1CC1NC(=O)c1cc(Cl)ccn1. The number of pyridine rings is 1. The summed E-state index contributed by atoms with van der Waals surface area (Å²) in [6.45, 7) is 2.11. The smallest absolute Gasteiger partial charge is 0.270 e. The average molecular weight is 211 g/mol. The second kappa shape index (κ2) is 3.58. The molecule has 14 heavy (non-hydrogen) atoms. The van der Waals surface area contributed by atoms with Gasteiger partial charge >= 0.3 is 0 Å². The van der Waals surface area contributed by atoms with E-state index in [4.69, 9.17) is 11.6 Å². The Morgan fingerprint density at radius 3 is 3.00 bits per heavy atom. The fourth-order valence-electron chi connectivity index (χ4n) is 1.29. The van der Waals surface area contributed by atoms with Crippen LogP contribution in [0.25, 0.3) is 0 Å². The number of hydrogen-bond donors (Lipinski definition) is 1. The molecule has 0 aliphatic heterocycles. The molecule has 1 aromatic rings. The van der Waals surface area contributed by atoms with E-state index < -0.39 is 0 Å². The lowest BCUT2D eigenvalue weighted by atomic mass is 10.3. The quantitative estimate of drug-likeness (QED) is 0.810. The van der Waals surface area contributed by atoms with Gasteiger partial charge in [0, 0.05) is 17.3 Å². The van der Waals surface area contributed by atoms with Crippen LogP contribution >= 0.6 is 11.6 Å². The minimum atomic E-state index is -0.137. The molecule has 1 aromatic heterocycles. The molecule has 3 nitrogen and oxygen atoms in total. The zero-order valence-electron chi connectivity index (χ0n) is 7.83. The van der Waals surface area contributed by atoms with Gasteiger partial charge in [-0.05, 0) is 24.5 Å². The van der Waals surface area contributed by atoms with Gasteiger partial charge in [-0.25, -0.2) is 0 Å². The van der Waals surface area contributed by atoms with Gasteiger partial charge in [-0.15, -0.1) is 0 Å². The first kappa shape index (κ1) is 9.46. The van der Waals surface area contributed by atoms with E-state index in [1.54, 1.807) is 12.1 Å². The van der Waals surface area contributed by atoms with Gasteiger partial charge in [0.15, 0.2) is 0 Å². The molecule has 0 saturated heterocycles. The molecule has 1 saturated carbocycles. The summed E-state index contributed by atoms with van der Waals surface area (Å²) in [4.78, 5) is 15.5. The summed E-state index contributed by atoms with van der Waals surface area (Å²) in [5, 5.41) is 3.42. The minimum Gasteiger partial charge on any atom is -0.348 e. The van der Waals surface area contributed by atoms with Crippen molar-refractivity contribution in [3.05, 3.63) is 29.0 Å². The molecule has 0 spiro atoms. The molecule has 4 heteroatoms. The molecule has 1 N–H and O–H groups in total. The number of carbonyl (C=O) groups is 1. The van der Waals surface area contributed by atoms with Crippen LogP contribution in [0.4, 0.5) is 0 Å². The maximum Gasteiger partial charge on any atom is 0.270 e. The number of halogens is 1. The molecule has 2 rings (SSSR count). The third kappa shape index (κ3) is 2.04. The molecule has 1 aliphatic carbocycles. The number of hydrogen-bond acceptors (Lipinski definition) is 2. The van der Waals surface area contributed by atoms with Gasteiger partial charge in [-0.1, -0.05) is 18.5 Å². The molecule has 0 bridgehead atoms. The zero-order chi connectivity index (χ0) is 10.1. The molecular formula is C10H11ClN2O. The normalized spacial score (nSPS) is 24.4. The highest BCUT2D eigenvalue weighted by Gasteiger charge is 2.34. The van der Waals surface area contributed by atoms with E-state index in [1.807, 2.05) is 0 Å². The largest absolute Gasteiger partial charge is 0.348 e. The van der Waals surface area contributed by atoms with Crippen LogP contribution in [0.15, 0.2) is 18.3 Å². The number of rotatable bonds is 2. The van der Waals surface area contributed by atoms with Crippen molar-refractivity contribution in [2.24, 2.45) is 5.92 Å². The third-order valence-corrected chi connectivity index (χ3v) is 2.62. The van der Waals surface area contributed by atoms with Crippen molar-refractivity contribution in [2.75, 3.05) is 0 Å². The number of nitrogens with one attached hydrogen (secondary N) is 1. The monoisotopic (exact) mass is 210 g/mol. The predicted molar refractivity (Wildman–Crippen MR) is 54.3 cm³/mol. The Balaban J connectivity index is 2.03. The Hall–Kier alpha value is -1.09. The summed E-state index contributed by atoms with van der Waals surface area (Å²) in [5.41, 5.74) is 0.386. The van der Waals surface area contributed by atoms with Crippen molar-refractivity contribution < 1.29 is 4.79 Å². The molecular weight excluding hydrogens is 200 g/mol. The first-order valence-corrected chi connectivity index (χ1v) is 4.97. The van der Waals surface area contributed by atoms with Crippen LogP contribution in [-0.2, 0) is 0 Å². The lowest BCUT2D eigenvalue weighted by molar-refractivity contribution is 0.0944. The summed E-state index contributed by atoms with van der Waals surface area (Å²) in [7, 11) is 0. The second-order valence-electron chi connectivity index (χ2n) is 3.65. The number of nitrogens with zero attached hydrogens (tertiary/aromatic N) is 1. The fourth-order valence-corrected chi connectivity index (χ4v) is 1.45. The van der Waals surface area contributed by atoms with E-state index >= 15 is 0 Å². The Morgan fingerprint density at radius 1 is 1.71 bits per heavy atom. The van der Waals surface area contributed by atoms with Crippen LogP contribution in [0.5, 0.6) is 0 Å². The van der Waals surface area contributed by atoms with Crippen molar-refractivity contribution in [3.63, 3.8) is 0 Å². The average Bonchev–Trinajstić information content (AvgIpc) is 2.81. The van der Waals surface area contributed by atoms with Crippen LogP contribution in [0.3, 0.4) is 0 Å². The molecule has 1 aliphatic rings. The molecule has 2 unspecified atom stereocenters. The Bertz CT molecular complexity index is 367. The van der Waals surface area contributed by atoms with E-state index in [0.717, 1.165) is 6.42 Å². The van der Waals surface area contributed by atoms with Gasteiger partial charge in [0.2, 0.25) is 0 Å². The van der Waals surface area contributed by atoms with Crippen molar-refractivity contribution in [1.82, 2.24) is 10.3 Å². The van der Waals surface area contributed by atoms with E-state index in [9.17, 15) is 4.79 Å². The lowest BCUT2D eigenvalue weighted by Crippen LogP contribution is -2.27. The van der Waals surface area contributed by atoms with Crippen molar-refractivity contribution in [3.8, 4) is 0 Å². The van der Waals surface area contributed by atoms with Crippen molar-refractivity contribution in [1.29, 1.82) is 0 Å². The van der Waals surface area contributed by atoms with Gasteiger partial charge in [-0.2, -0.15) is 0 Å². The molecule has 2 atom stereocenters. The summed E-state index contributed by atoms with van der Waals surface area (Å²) in [6, 6.07) is 3.55. The maximum absolute atomic E-state index is 11.6. The third-order valence-electron chi connectivity index (χ3n) is 2.38. The molecule has 0 aromatic carbocycles. The number of aromatic nitrogens is 1. The highest BCUT2D eigenvalue weighted by molar-refractivity contribution is 6.30. The Morgan fingerprint density at radius 2 is 2.43 bits per heavy atom. The summed E-state index contributed by atoms with van der Waals surface area (Å²) in [5.74, 6) is 0.458. The molecule has 1 amide bonds. The van der Waals surface area contributed by atoms with Gasteiger partial charge in [0.1, 0.15) is 5.69 Å². The number of carbonyl (C=O) groups excluding carboxylic acids is 1. The summed E-state index contributed by atoms with van der Waals surface area (Å²) in [6.07, 6.45) is 2.60. The Kier molecular flexibility index (Phi) is 2.42. The van der Waals surface area contributed by atoms with Crippen LogP contribution in [0.2, 0.25) is 5.02 Å². The van der Waals surface area contributed by atoms with Gasteiger partial charge in [-0.3, -0.25) is 9.78 Å². The fraction of sp³-hybridized carbons (Fsp3) is 0.400. The molecule has 1 fully saturated rings. The van der Waals surface area contributed by atoms with Crippen LogP contribution in [0, 0.1) is 5.92 Å². The zero-order valence-corrected chi connectivity index (χ0v) is 8.58. The predicted octanol–water partition coefficient (Wildman–Crippen LogP) is 1.87. The second-order valence-corrected chi connectivity index (χ2v) is 4.09. The van der Waals surface area contributed by atoms with Gasteiger partial charge in [0.05, 0.1) is 0 Å². The minimum absolute atomic E-state index is 0.137. The van der Waals surface area contributed by atoms with E-state index in [1.165, 1.54) is 6.20 Å². The molecule has 0 radical (unpaired) electrons. The topological polar surface area (TPSA) is 42.0 Å². The van der Waals surface area contributed by atoms with E-state index in [2.05, 4.69) is 17.2 Å². The maximum atomic E-state index is 11.6. The highest BCUT2D eigenvalue weighted by Crippen LogP contribution is 2.29. The van der Waals surface area contributed by atoms with E-state index in [0.29, 0.717) is 22.7 Å². The van der Waals surface area contributed by atoms with Crippen molar-refractivity contribution in [2.45, 2.75) is 19.4 Å². The lowest BCUT2D eigenvalue weighted by Gasteiger charge is -2.02. The first-order chi connectivity index (χ1) is 6.66. The van der Waals surface area contributed by atoms with Crippen LogP contribution in [-0.4, -0.2) is 16.9 Å². The number of amides is 1. The summed E-state index contributed by atoms with van der Waals surface area (Å²) < 4.78 is 0. The van der Waals surface area contributed by atoms with Gasteiger partial charge in [0.25, 0.3) is 5.91 Å². The van der Waals surface area contributed by atoms with Crippen LogP contribution < -0.4 is 5.32 Å². The Labute approximate surface area is 87.5 Å². The first-order valence-electron chi connectivity index (χ1n) is 4.59. The standard InChI is InChI=1S/C10H11ClN2O/c1-6-4-8(6)13-10(14)9-5-7(11)2-3-12-9/h2-3,5-6,8H,4H2,1H3,(H,13,14). The summed E-state index contributed by atoms with van der Waals surface area (Å²) >= 11 is 5.75.